The van der Waals surface area contributed by atoms with Crippen LogP contribution in [0.15, 0.2) is 72.6 Å². The third-order valence-electron chi connectivity index (χ3n) is 4.56. The van der Waals surface area contributed by atoms with Crippen LogP contribution in [0.5, 0.6) is 0 Å². The molecule has 3 aliphatic rings. The maximum absolute atomic E-state index is 13.4. The number of hydrogen-bond acceptors (Lipinski definition) is 4. The zero-order valence-electron chi connectivity index (χ0n) is 14.9. The number of fused-ring (bicyclic) bond motifs is 1. The summed E-state index contributed by atoms with van der Waals surface area (Å²) >= 11 is 6.22. The molecule has 0 aromatic carbocycles. The Kier molecular flexibility index (Phi) is 5.02. The van der Waals surface area contributed by atoms with E-state index in [9.17, 15) is 9.65 Å². The van der Waals surface area contributed by atoms with Gasteiger partial charge in [0.05, 0.1) is 23.2 Å². The second kappa shape index (κ2) is 7.76. The first-order valence-corrected chi connectivity index (χ1v) is 9.31. The number of halogens is 2. The molecule has 0 amide bonds. The third kappa shape index (κ3) is 3.71. The van der Waals surface area contributed by atoms with Gasteiger partial charge in [-0.15, -0.1) is 11.6 Å². The summed E-state index contributed by atoms with van der Waals surface area (Å²) in [5.74, 6) is 6.52. The van der Waals surface area contributed by atoms with E-state index < -0.39 is 5.82 Å². The average molecular weight is 391 g/mol. The van der Waals surface area contributed by atoms with Crippen LogP contribution >= 0.6 is 11.6 Å². The molecule has 0 bridgehead atoms. The first-order valence-electron chi connectivity index (χ1n) is 8.88. The zero-order chi connectivity index (χ0) is 19.5. The van der Waals surface area contributed by atoms with Crippen molar-refractivity contribution in [2.75, 3.05) is 4.90 Å². The molecule has 0 saturated heterocycles. The number of aromatic nitrogens is 1. The summed E-state index contributed by atoms with van der Waals surface area (Å²) in [5.41, 5.74) is 1.89. The highest BCUT2D eigenvalue weighted by Gasteiger charge is 2.20. The van der Waals surface area contributed by atoms with Gasteiger partial charge in [0.15, 0.2) is 5.82 Å². The number of allylic oxidation sites excluding steroid dienone is 6. The van der Waals surface area contributed by atoms with Crippen LogP contribution in [0.2, 0.25) is 0 Å². The average Bonchev–Trinajstić information content (AvgIpc) is 2.71. The van der Waals surface area contributed by atoms with Gasteiger partial charge in [-0.3, -0.25) is 0 Å². The molecule has 0 N–H and O–H groups in total. The number of anilines is 1. The Morgan fingerprint density at radius 3 is 3.04 bits per heavy atom. The molecule has 138 valence electrons. The molecule has 3 heterocycles. The lowest BCUT2D eigenvalue weighted by Crippen LogP contribution is -2.25. The van der Waals surface area contributed by atoms with Crippen molar-refractivity contribution in [2.24, 2.45) is 5.92 Å². The lowest BCUT2D eigenvalue weighted by atomic mass is 9.96. The van der Waals surface area contributed by atoms with Gasteiger partial charge in [0.25, 0.3) is 0 Å². The molecule has 6 heteroatoms. The van der Waals surface area contributed by atoms with Crippen molar-refractivity contribution in [2.45, 2.75) is 18.2 Å². The first-order chi connectivity index (χ1) is 13.6. The SMILES string of the molecule is N#Cc1cc(F)cnc1N1C=CN2C(C#CC3C=CCC(Cl)C3)=CC=CC2=C1. The van der Waals surface area contributed by atoms with Crippen LogP contribution in [-0.4, -0.2) is 15.3 Å². The maximum Gasteiger partial charge on any atom is 0.154 e. The van der Waals surface area contributed by atoms with Crippen molar-refractivity contribution >= 4 is 17.4 Å². The molecule has 2 atom stereocenters. The van der Waals surface area contributed by atoms with Gasteiger partial charge < -0.3 is 9.80 Å². The van der Waals surface area contributed by atoms with E-state index in [0.717, 1.165) is 30.4 Å². The minimum absolute atomic E-state index is 0.140. The second-order valence-electron chi connectivity index (χ2n) is 6.55. The van der Waals surface area contributed by atoms with Crippen LogP contribution in [0.4, 0.5) is 10.2 Å². The molecule has 4 nitrogen and oxygen atoms in total. The monoisotopic (exact) mass is 390 g/mol. The highest BCUT2D eigenvalue weighted by atomic mass is 35.5. The van der Waals surface area contributed by atoms with Crippen LogP contribution in [0.25, 0.3) is 0 Å². The summed E-state index contributed by atoms with van der Waals surface area (Å²) < 4.78 is 13.4. The standard InChI is InChI=1S/C22H16ClFN4/c23-18-4-1-3-16(11-18)7-8-20-5-2-6-21-15-27(9-10-28(20)21)22-17(13-25)12-19(24)14-26-22/h1-3,5-6,9-10,12,14-16,18H,4,11H2. The van der Waals surface area contributed by atoms with E-state index in [1.54, 1.807) is 11.1 Å². The number of alkyl halides is 1. The molecule has 1 aliphatic carbocycles. The van der Waals surface area contributed by atoms with Gasteiger partial charge in [-0.05, 0) is 37.0 Å². The van der Waals surface area contributed by atoms with E-state index in [-0.39, 0.29) is 16.9 Å². The van der Waals surface area contributed by atoms with Crippen molar-refractivity contribution in [3.8, 4) is 17.9 Å². The molecule has 0 spiro atoms. The predicted octanol–water partition coefficient (Wildman–Crippen LogP) is 4.56. The molecule has 28 heavy (non-hydrogen) atoms. The lowest BCUT2D eigenvalue weighted by Gasteiger charge is -2.30. The van der Waals surface area contributed by atoms with Crippen molar-refractivity contribution in [1.29, 1.82) is 5.26 Å². The number of pyridine rings is 1. The quantitative estimate of drug-likeness (QED) is 0.400. The molecule has 0 radical (unpaired) electrons. The molecule has 0 fully saturated rings. The molecule has 0 saturated carbocycles. The molecule has 1 aromatic heterocycles. The highest BCUT2D eigenvalue weighted by Crippen LogP contribution is 2.28. The van der Waals surface area contributed by atoms with Gasteiger partial charge >= 0.3 is 0 Å². The molecule has 4 rings (SSSR count). The summed E-state index contributed by atoms with van der Waals surface area (Å²) in [5, 5.41) is 9.41. The van der Waals surface area contributed by atoms with Crippen LogP contribution in [0, 0.1) is 34.9 Å². The predicted molar refractivity (Wildman–Crippen MR) is 107 cm³/mol. The van der Waals surface area contributed by atoms with Crippen molar-refractivity contribution in [3.63, 3.8) is 0 Å². The summed E-state index contributed by atoms with van der Waals surface area (Å²) in [6.07, 6.45) is 18.3. The fraction of sp³-hybridized carbons (Fsp3) is 0.182. The number of rotatable bonds is 1. The van der Waals surface area contributed by atoms with Gasteiger partial charge in [0.2, 0.25) is 0 Å². The second-order valence-corrected chi connectivity index (χ2v) is 7.17. The third-order valence-corrected chi connectivity index (χ3v) is 4.92. The Labute approximate surface area is 168 Å². The molecule has 1 aromatic rings. The summed E-state index contributed by atoms with van der Waals surface area (Å²) in [6, 6.07) is 3.16. The van der Waals surface area contributed by atoms with Crippen molar-refractivity contribution in [3.05, 3.63) is 84.0 Å². The lowest BCUT2D eigenvalue weighted by molar-refractivity contribution is 0.596. The van der Waals surface area contributed by atoms with Gasteiger partial charge in [-0.2, -0.15) is 5.26 Å². The summed E-state index contributed by atoms with van der Waals surface area (Å²) in [6.45, 7) is 0. The fourth-order valence-electron chi connectivity index (χ4n) is 3.20. The Morgan fingerprint density at radius 2 is 2.21 bits per heavy atom. The number of nitrogens with zero attached hydrogens (tertiary/aromatic N) is 4. The first kappa shape index (κ1) is 18.1. The molecule has 2 aliphatic heterocycles. The number of hydrogen-bond donors (Lipinski definition) is 0. The maximum atomic E-state index is 13.4. The zero-order valence-corrected chi connectivity index (χ0v) is 15.6. The van der Waals surface area contributed by atoms with E-state index in [0.29, 0.717) is 5.82 Å². The van der Waals surface area contributed by atoms with Crippen LogP contribution in [-0.2, 0) is 0 Å². The molecular weight excluding hydrogens is 375 g/mol. The normalized spacial score (nSPS) is 22.6. The Morgan fingerprint density at radius 1 is 1.32 bits per heavy atom. The summed E-state index contributed by atoms with van der Waals surface area (Å²) in [4.78, 5) is 7.72. The van der Waals surface area contributed by atoms with Gasteiger partial charge in [0, 0.05) is 29.9 Å². The van der Waals surface area contributed by atoms with Crippen LogP contribution in [0.1, 0.15) is 18.4 Å². The van der Waals surface area contributed by atoms with E-state index in [1.807, 2.05) is 41.6 Å². The smallest absolute Gasteiger partial charge is 0.154 e. The summed E-state index contributed by atoms with van der Waals surface area (Å²) in [7, 11) is 0. The largest absolute Gasteiger partial charge is 0.307 e. The molecule has 2 unspecified atom stereocenters. The Balaban J connectivity index is 1.57. The van der Waals surface area contributed by atoms with Crippen LogP contribution in [0.3, 0.4) is 0 Å². The van der Waals surface area contributed by atoms with E-state index in [1.165, 1.54) is 6.07 Å². The topological polar surface area (TPSA) is 43.2 Å². The van der Waals surface area contributed by atoms with Gasteiger partial charge in [0.1, 0.15) is 11.9 Å². The van der Waals surface area contributed by atoms with Crippen molar-refractivity contribution in [1.82, 2.24) is 9.88 Å². The Bertz CT molecular complexity index is 1050. The van der Waals surface area contributed by atoms with Gasteiger partial charge in [-0.1, -0.05) is 24.1 Å². The Hall–Kier alpha value is -3.28. The minimum atomic E-state index is -0.537. The van der Waals surface area contributed by atoms with Crippen molar-refractivity contribution < 1.29 is 4.39 Å². The van der Waals surface area contributed by atoms with E-state index >= 15 is 0 Å². The fourth-order valence-corrected chi connectivity index (χ4v) is 3.50. The van der Waals surface area contributed by atoms with Crippen LogP contribution < -0.4 is 4.90 Å². The van der Waals surface area contributed by atoms with E-state index in [2.05, 4.69) is 29.0 Å². The number of nitriles is 1. The molecular formula is C22H16ClFN4. The van der Waals surface area contributed by atoms with Gasteiger partial charge in [-0.25, -0.2) is 9.37 Å². The minimum Gasteiger partial charge on any atom is -0.307 e. The van der Waals surface area contributed by atoms with E-state index in [4.69, 9.17) is 11.6 Å². The highest BCUT2D eigenvalue weighted by molar-refractivity contribution is 6.20.